The van der Waals surface area contributed by atoms with Gasteiger partial charge in [-0.2, -0.15) is 26.3 Å². The topological polar surface area (TPSA) is 102 Å². The van der Waals surface area contributed by atoms with Gasteiger partial charge >= 0.3 is 12.4 Å². The monoisotopic (exact) mass is 572 g/mol. The first-order valence-corrected chi connectivity index (χ1v) is 12.3. The van der Waals surface area contributed by atoms with E-state index in [0.29, 0.717) is 22.7 Å². The summed E-state index contributed by atoms with van der Waals surface area (Å²) < 4.78 is 119. The van der Waals surface area contributed by atoms with Crippen LogP contribution in [0.2, 0.25) is 0 Å². The molecular formula is C24H18F6N4O4S. The summed E-state index contributed by atoms with van der Waals surface area (Å²) in [6, 6.07) is 10.9. The molecule has 15 heteroatoms. The average Bonchev–Trinajstić information content (AvgIpc) is 2.87. The summed E-state index contributed by atoms with van der Waals surface area (Å²) in [7, 11) is -2.23. The first kappa shape index (κ1) is 27.8. The predicted molar refractivity (Wildman–Crippen MR) is 130 cm³/mol. The highest BCUT2D eigenvalue weighted by Crippen LogP contribution is 2.38. The van der Waals surface area contributed by atoms with E-state index in [0.717, 1.165) is 0 Å². The molecule has 39 heavy (non-hydrogen) atoms. The van der Waals surface area contributed by atoms with Gasteiger partial charge < -0.3 is 14.8 Å². The molecule has 3 aromatic carbocycles. The summed E-state index contributed by atoms with van der Waals surface area (Å²) in [6.07, 6.45) is -10.5. The number of halogens is 6. The molecule has 0 fully saturated rings. The molecule has 0 aliphatic carbocycles. The first-order chi connectivity index (χ1) is 18.2. The molecule has 0 aliphatic heterocycles. The number of benzene rings is 3. The van der Waals surface area contributed by atoms with Crippen molar-refractivity contribution in [3.05, 3.63) is 71.8 Å². The zero-order valence-electron chi connectivity index (χ0n) is 20.0. The van der Waals surface area contributed by atoms with E-state index in [1.165, 1.54) is 32.4 Å². The van der Waals surface area contributed by atoms with Crippen LogP contribution in [-0.2, 0) is 22.4 Å². The van der Waals surface area contributed by atoms with Gasteiger partial charge in [0.1, 0.15) is 11.5 Å². The second-order valence-corrected chi connectivity index (χ2v) is 9.67. The fourth-order valence-electron chi connectivity index (χ4n) is 3.44. The predicted octanol–water partition coefficient (Wildman–Crippen LogP) is 6.23. The summed E-state index contributed by atoms with van der Waals surface area (Å²) in [6.45, 7) is 0. The van der Waals surface area contributed by atoms with Crippen molar-refractivity contribution in [2.45, 2.75) is 17.2 Å². The van der Waals surface area contributed by atoms with Crippen molar-refractivity contribution in [3.63, 3.8) is 0 Å². The molecule has 0 bridgehead atoms. The minimum Gasteiger partial charge on any atom is -0.497 e. The number of aromatic nitrogens is 2. The highest BCUT2D eigenvalue weighted by atomic mass is 32.2. The van der Waals surface area contributed by atoms with Gasteiger partial charge in [-0.3, -0.25) is 4.72 Å². The number of methoxy groups -OCH3 is 2. The van der Waals surface area contributed by atoms with E-state index in [4.69, 9.17) is 9.47 Å². The van der Waals surface area contributed by atoms with Crippen LogP contribution >= 0.6 is 0 Å². The second-order valence-electron chi connectivity index (χ2n) is 7.98. The molecule has 206 valence electrons. The van der Waals surface area contributed by atoms with Crippen LogP contribution < -0.4 is 19.5 Å². The largest absolute Gasteiger partial charge is 0.497 e. The summed E-state index contributed by atoms with van der Waals surface area (Å²) in [5, 5.41) is 2.84. The van der Waals surface area contributed by atoms with Gasteiger partial charge in [0, 0.05) is 23.9 Å². The highest BCUT2D eigenvalue weighted by Gasteiger charge is 2.38. The van der Waals surface area contributed by atoms with Crippen molar-refractivity contribution in [2.24, 2.45) is 0 Å². The molecule has 1 heterocycles. The van der Waals surface area contributed by atoms with Gasteiger partial charge in [0.25, 0.3) is 10.0 Å². The summed E-state index contributed by atoms with van der Waals surface area (Å²) in [5.74, 6) is 0.0322. The van der Waals surface area contributed by atoms with E-state index in [2.05, 4.69) is 15.3 Å². The van der Waals surface area contributed by atoms with Crippen LogP contribution in [0.5, 0.6) is 11.5 Å². The maximum absolute atomic E-state index is 13.3. The minimum absolute atomic E-state index is 0.103. The van der Waals surface area contributed by atoms with Crippen molar-refractivity contribution >= 4 is 38.4 Å². The molecule has 0 aliphatic rings. The molecule has 2 N–H and O–H groups in total. The zero-order chi connectivity index (χ0) is 28.6. The molecule has 0 saturated carbocycles. The van der Waals surface area contributed by atoms with Crippen LogP contribution in [0.25, 0.3) is 11.0 Å². The van der Waals surface area contributed by atoms with E-state index < -0.39 is 44.2 Å². The minimum atomic E-state index is -5.24. The number of hydrogen-bond donors (Lipinski definition) is 2. The van der Waals surface area contributed by atoms with Gasteiger partial charge in [0.15, 0.2) is 11.6 Å². The molecule has 0 radical (unpaired) electrons. The van der Waals surface area contributed by atoms with Gasteiger partial charge in [0.2, 0.25) is 0 Å². The molecule has 8 nitrogen and oxygen atoms in total. The Morgan fingerprint density at radius 1 is 0.718 bits per heavy atom. The van der Waals surface area contributed by atoms with Crippen molar-refractivity contribution in [3.8, 4) is 11.5 Å². The van der Waals surface area contributed by atoms with E-state index in [1.807, 2.05) is 4.72 Å². The molecule has 0 amide bonds. The van der Waals surface area contributed by atoms with Crippen LogP contribution in [0.15, 0.2) is 65.6 Å². The highest BCUT2D eigenvalue weighted by molar-refractivity contribution is 7.92. The lowest BCUT2D eigenvalue weighted by molar-refractivity contribution is -0.143. The summed E-state index contributed by atoms with van der Waals surface area (Å²) >= 11 is 0. The third-order valence-corrected chi connectivity index (χ3v) is 6.61. The fourth-order valence-corrected chi connectivity index (χ4v) is 4.52. The van der Waals surface area contributed by atoms with E-state index in [9.17, 15) is 34.8 Å². The van der Waals surface area contributed by atoms with Crippen LogP contribution in [0.4, 0.5) is 43.7 Å². The smallest absolute Gasteiger partial charge is 0.416 e. The van der Waals surface area contributed by atoms with Gasteiger partial charge in [-0.25, -0.2) is 18.4 Å². The molecule has 4 aromatic rings. The maximum Gasteiger partial charge on any atom is 0.416 e. The summed E-state index contributed by atoms with van der Waals surface area (Å²) in [5.41, 5.74) is -2.76. The number of hydrogen-bond acceptors (Lipinski definition) is 7. The third-order valence-electron chi connectivity index (χ3n) is 5.29. The number of para-hydroxylation sites is 2. The lowest BCUT2D eigenvalue weighted by atomic mass is 10.1. The third kappa shape index (κ3) is 6.25. The van der Waals surface area contributed by atoms with Crippen molar-refractivity contribution < 1.29 is 44.2 Å². The van der Waals surface area contributed by atoms with E-state index in [-0.39, 0.29) is 29.5 Å². The molecule has 4 rings (SSSR count). The first-order valence-electron chi connectivity index (χ1n) is 10.8. The van der Waals surface area contributed by atoms with Crippen molar-refractivity contribution in [1.82, 2.24) is 9.97 Å². The molecule has 0 atom stereocenters. The number of nitrogens with one attached hydrogen (secondary N) is 2. The van der Waals surface area contributed by atoms with Crippen LogP contribution in [-0.4, -0.2) is 32.6 Å². The molecular weight excluding hydrogens is 554 g/mol. The Morgan fingerprint density at radius 3 is 1.67 bits per heavy atom. The van der Waals surface area contributed by atoms with Crippen molar-refractivity contribution in [2.75, 3.05) is 24.3 Å². The van der Waals surface area contributed by atoms with Crippen molar-refractivity contribution in [1.29, 1.82) is 0 Å². The van der Waals surface area contributed by atoms with E-state index in [1.54, 1.807) is 24.3 Å². The van der Waals surface area contributed by atoms with Crippen LogP contribution in [0.3, 0.4) is 0 Å². The lowest BCUT2D eigenvalue weighted by Crippen LogP contribution is -2.19. The van der Waals surface area contributed by atoms with Crippen LogP contribution in [0.1, 0.15) is 11.1 Å². The molecule has 0 spiro atoms. The molecule has 1 aromatic heterocycles. The van der Waals surface area contributed by atoms with E-state index >= 15 is 0 Å². The van der Waals surface area contributed by atoms with Crippen LogP contribution in [0, 0.1) is 0 Å². The standard InChI is InChI=1S/C24H18F6N4O4S/c1-37-16-10-15(11-17(12-16)38-2)31-21-22(33-20-6-4-3-5-19(20)32-21)34-39(35,36)18-8-13(23(25,26)27)7-14(9-18)24(28,29)30/h3-12H,1-2H3,(H,31,32)(H,33,34). The Hall–Kier alpha value is -4.27. The Labute approximate surface area is 217 Å². The second kappa shape index (κ2) is 10.1. The Balaban J connectivity index is 1.83. The number of ether oxygens (including phenoxy) is 2. The normalized spacial score (nSPS) is 12.3. The van der Waals surface area contributed by atoms with Gasteiger partial charge in [-0.15, -0.1) is 0 Å². The average molecular weight is 572 g/mol. The summed E-state index contributed by atoms with van der Waals surface area (Å²) in [4.78, 5) is 7.25. The Bertz CT molecular complexity index is 1590. The SMILES string of the molecule is COc1cc(Nc2nc3ccccc3nc2NS(=O)(=O)c2cc(C(F)(F)F)cc(C(F)(F)F)c2)cc(OC)c1. The zero-order valence-corrected chi connectivity index (χ0v) is 20.8. The number of fused-ring (bicyclic) bond motifs is 1. The van der Waals surface area contributed by atoms with Gasteiger partial charge in [0.05, 0.1) is 41.3 Å². The molecule has 0 saturated heterocycles. The number of anilines is 3. The number of alkyl halides is 6. The lowest BCUT2D eigenvalue weighted by Gasteiger charge is -2.17. The molecule has 0 unspecified atom stereocenters. The maximum atomic E-state index is 13.3. The fraction of sp³-hybridized carbons (Fsp3) is 0.167. The van der Waals surface area contributed by atoms with Gasteiger partial charge in [-0.05, 0) is 30.3 Å². The Morgan fingerprint density at radius 2 is 1.21 bits per heavy atom. The number of nitrogens with zero attached hydrogens (tertiary/aromatic N) is 2. The number of rotatable bonds is 7. The van der Waals surface area contributed by atoms with Gasteiger partial charge in [-0.1, -0.05) is 12.1 Å². The number of sulfonamides is 1. The quantitative estimate of drug-likeness (QED) is 0.253. The Kier molecular flexibility index (Phi) is 7.21.